The van der Waals surface area contributed by atoms with Gasteiger partial charge in [0, 0.05) is 18.6 Å². The lowest BCUT2D eigenvalue weighted by Crippen LogP contribution is -2.62. The van der Waals surface area contributed by atoms with E-state index in [-0.39, 0.29) is 5.54 Å². The molecule has 1 N–H and O–H groups in total. The summed E-state index contributed by atoms with van der Waals surface area (Å²) in [5, 5.41) is 3.88. The van der Waals surface area contributed by atoms with Crippen molar-refractivity contribution in [1.82, 2.24) is 10.2 Å². The number of fused-ring (bicyclic) bond motifs is 1. The molecule has 4 heteroatoms. The zero-order valence-corrected chi connectivity index (χ0v) is 8.99. The van der Waals surface area contributed by atoms with Gasteiger partial charge < -0.3 is 10.2 Å². The number of hydrogen-bond acceptors (Lipinski definition) is 3. The summed E-state index contributed by atoms with van der Waals surface area (Å²) < 4.78 is 0. The molecule has 0 unspecified atom stereocenters. The Kier molecular flexibility index (Phi) is 2.28. The van der Waals surface area contributed by atoms with Crippen LogP contribution in [0.1, 0.15) is 20.3 Å². The molecule has 0 aromatic heterocycles. The standard InChI is InChI=1S/C9H16N2OS/c1-3-9(2)8-11(5-4-10-9)7(12)6-13-8/h8,10H,3-6H2,1-2H3/t8-,9+/m1/s1. The lowest BCUT2D eigenvalue weighted by molar-refractivity contribution is -0.130. The van der Waals surface area contributed by atoms with E-state index in [1.807, 2.05) is 4.90 Å². The first-order chi connectivity index (χ1) is 6.17. The molecule has 2 fully saturated rings. The Morgan fingerprint density at radius 2 is 2.54 bits per heavy atom. The molecule has 2 aliphatic rings. The van der Waals surface area contributed by atoms with Gasteiger partial charge in [-0.15, -0.1) is 11.8 Å². The van der Waals surface area contributed by atoms with Crippen LogP contribution < -0.4 is 5.32 Å². The smallest absolute Gasteiger partial charge is 0.233 e. The Morgan fingerprint density at radius 1 is 1.77 bits per heavy atom. The van der Waals surface area contributed by atoms with Crippen LogP contribution in [0, 0.1) is 0 Å². The van der Waals surface area contributed by atoms with Crippen LogP contribution in [-0.4, -0.2) is 40.6 Å². The van der Waals surface area contributed by atoms with E-state index in [9.17, 15) is 4.79 Å². The molecule has 74 valence electrons. The molecule has 0 aromatic carbocycles. The van der Waals surface area contributed by atoms with E-state index in [4.69, 9.17) is 0 Å². The van der Waals surface area contributed by atoms with E-state index in [1.54, 1.807) is 11.8 Å². The molecule has 2 atom stereocenters. The lowest BCUT2D eigenvalue weighted by atomic mass is 9.95. The summed E-state index contributed by atoms with van der Waals surface area (Å²) in [5.41, 5.74) is 0.120. The largest absolute Gasteiger partial charge is 0.327 e. The third kappa shape index (κ3) is 1.36. The predicted molar refractivity (Wildman–Crippen MR) is 54.7 cm³/mol. The summed E-state index contributed by atoms with van der Waals surface area (Å²) in [5.74, 6) is 0.984. The van der Waals surface area contributed by atoms with E-state index in [0.717, 1.165) is 19.5 Å². The van der Waals surface area contributed by atoms with E-state index in [2.05, 4.69) is 19.2 Å². The second kappa shape index (κ2) is 3.17. The maximum atomic E-state index is 11.5. The quantitative estimate of drug-likeness (QED) is 0.675. The second-order valence-corrected chi connectivity index (χ2v) is 5.02. The highest BCUT2D eigenvalue weighted by atomic mass is 32.2. The van der Waals surface area contributed by atoms with Gasteiger partial charge in [-0.3, -0.25) is 4.79 Å². The first-order valence-corrected chi connectivity index (χ1v) is 5.88. The average Bonchev–Trinajstić information content (AvgIpc) is 2.50. The van der Waals surface area contributed by atoms with Crippen molar-refractivity contribution in [3.8, 4) is 0 Å². The molecule has 13 heavy (non-hydrogen) atoms. The van der Waals surface area contributed by atoms with Crippen molar-refractivity contribution in [2.24, 2.45) is 0 Å². The van der Waals surface area contributed by atoms with Gasteiger partial charge in [0.25, 0.3) is 0 Å². The highest BCUT2D eigenvalue weighted by Crippen LogP contribution is 2.36. The minimum Gasteiger partial charge on any atom is -0.327 e. The fraction of sp³-hybridized carbons (Fsp3) is 0.889. The number of carbonyl (C=O) groups is 1. The van der Waals surface area contributed by atoms with Gasteiger partial charge in [0.1, 0.15) is 0 Å². The highest BCUT2D eigenvalue weighted by molar-refractivity contribution is 8.01. The topological polar surface area (TPSA) is 32.3 Å². The number of rotatable bonds is 1. The van der Waals surface area contributed by atoms with Crippen molar-refractivity contribution in [2.75, 3.05) is 18.8 Å². The van der Waals surface area contributed by atoms with E-state index in [0.29, 0.717) is 17.0 Å². The third-order valence-electron chi connectivity index (χ3n) is 3.13. The van der Waals surface area contributed by atoms with Crippen molar-refractivity contribution in [3.05, 3.63) is 0 Å². The zero-order chi connectivity index (χ0) is 9.47. The van der Waals surface area contributed by atoms with Gasteiger partial charge in [0.2, 0.25) is 5.91 Å². The first-order valence-electron chi connectivity index (χ1n) is 4.83. The number of amides is 1. The zero-order valence-electron chi connectivity index (χ0n) is 8.17. The molecule has 1 amide bonds. The SMILES string of the molecule is CC[C@]1(C)NCCN2C(=O)CS[C@@H]21. The number of nitrogens with one attached hydrogen (secondary N) is 1. The Morgan fingerprint density at radius 3 is 3.23 bits per heavy atom. The molecule has 0 radical (unpaired) electrons. The van der Waals surface area contributed by atoms with Crippen LogP contribution in [0.4, 0.5) is 0 Å². The van der Waals surface area contributed by atoms with Gasteiger partial charge >= 0.3 is 0 Å². The summed E-state index contributed by atoms with van der Waals surface area (Å²) in [6.45, 7) is 6.22. The number of nitrogens with zero attached hydrogens (tertiary/aromatic N) is 1. The number of thioether (sulfide) groups is 1. The molecule has 0 saturated carbocycles. The van der Waals surface area contributed by atoms with Gasteiger partial charge in [-0.1, -0.05) is 6.92 Å². The minimum atomic E-state index is 0.120. The van der Waals surface area contributed by atoms with Crippen LogP contribution in [0.2, 0.25) is 0 Å². The fourth-order valence-electron chi connectivity index (χ4n) is 2.07. The number of carbonyl (C=O) groups excluding carboxylic acids is 1. The Balaban J connectivity index is 2.20. The molecular weight excluding hydrogens is 184 g/mol. The van der Waals surface area contributed by atoms with Crippen molar-refractivity contribution in [1.29, 1.82) is 0 Å². The van der Waals surface area contributed by atoms with Crippen LogP contribution in [0.25, 0.3) is 0 Å². The average molecular weight is 200 g/mol. The molecule has 2 rings (SSSR count). The Bertz CT molecular complexity index is 234. The molecule has 3 nitrogen and oxygen atoms in total. The summed E-state index contributed by atoms with van der Waals surface area (Å²) in [4.78, 5) is 13.5. The summed E-state index contributed by atoms with van der Waals surface area (Å²) >= 11 is 1.78. The normalized spacial score (nSPS) is 39.4. The van der Waals surface area contributed by atoms with Gasteiger partial charge in [0.15, 0.2) is 0 Å². The van der Waals surface area contributed by atoms with Crippen LogP contribution in [0.5, 0.6) is 0 Å². The molecular formula is C9H16N2OS. The third-order valence-corrected chi connectivity index (χ3v) is 4.63. The molecule has 2 heterocycles. The molecule has 0 spiro atoms. The van der Waals surface area contributed by atoms with E-state index >= 15 is 0 Å². The Labute approximate surface area is 83.2 Å². The van der Waals surface area contributed by atoms with Gasteiger partial charge in [-0.05, 0) is 13.3 Å². The van der Waals surface area contributed by atoms with Crippen LogP contribution in [-0.2, 0) is 4.79 Å². The van der Waals surface area contributed by atoms with Crippen molar-refractivity contribution >= 4 is 17.7 Å². The summed E-state index contributed by atoms with van der Waals surface area (Å²) in [7, 11) is 0. The molecule has 0 aromatic rings. The van der Waals surface area contributed by atoms with E-state index in [1.165, 1.54) is 0 Å². The van der Waals surface area contributed by atoms with E-state index < -0.39 is 0 Å². The van der Waals surface area contributed by atoms with Crippen LogP contribution in [0.15, 0.2) is 0 Å². The van der Waals surface area contributed by atoms with Gasteiger partial charge in [-0.2, -0.15) is 0 Å². The van der Waals surface area contributed by atoms with Gasteiger partial charge in [0.05, 0.1) is 11.1 Å². The summed E-state index contributed by atoms with van der Waals surface area (Å²) in [6, 6.07) is 0. The molecule has 0 bridgehead atoms. The monoisotopic (exact) mass is 200 g/mol. The molecule has 2 aliphatic heterocycles. The van der Waals surface area contributed by atoms with Crippen molar-refractivity contribution in [2.45, 2.75) is 31.2 Å². The minimum absolute atomic E-state index is 0.120. The van der Waals surface area contributed by atoms with Crippen molar-refractivity contribution < 1.29 is 4.79 Å². The van der Waals surface area contributed by atoms with Gasteiger partial charge in [-0.25, -0.2) is 0 Å². The molecule has 2 saturated heterocycles. The van der Waals surface area contributed by atoms with Crippen molar-refractivity contribution in [3.63, 3.8) is 0 Å². The first kappa shape index (κ1) is 9.34. The fourth-order valence-corrected chi connectivity index (χ4v) is 3.56. The highest BCUT2D eigenvalue weighted by Gasteiger charge is 2.45. The maximum absolute atomic E-state index is 11.5. The Hall–Kier alpha value is -0.220. The number of piperazine rings is 1. The number of hydrogen-bond donors (Lipinski definition) is 1. The predicted octanol–water partition coefficient (Wildman–Crippen LogP) is 0.660. The van der Waals surface area contributed by atoms with Crippen LogP contribution in [0.3, 0.4) is 0 Å². The maximum Gasteiger partial charge on any atom is 0.233 e. The molecule has 0 aliphatic carbocycles. The summed E-state index contributed by atoms with van der Waals surface area (Å²) in [6.07, 6.45) is 1.08. The van der Waals surface area contributed by atoms with Crippen LogP contribution >= 0.6 is 11.8 Å². The lowest BCUT2D eigenvalue weighted by Gasteiger charge is -2.44. The second-order valence-electron chi connectivity index (χ2n) is 3.95.